The molecule has 0 fully saturated rings. The quantitative estimate of drug-likeness (QED) is 0.360. The van der Waals surface area contributed by atoms with Crippen LogP contribution in [0.4, 0.5) is 0 Å². The summed E-state index contributed by atoms with van der Waals surface area (Å²) in [4.78, 5) is 0. The van der Waals surface area contributed by atoms with E-state index in [4.69, 9.17) is 71.0 Å². The van der Waals surface area contributed by atoms with Crippen LogP contribution in [0.15, 0.2) is 0 Å². The molecule has 0 bridgehead atoms. The Morgan fingerprint density at radius 1 is 0.467 bits per heavy atom. The van der Waals surface area contributed by atoms with E-state index < -0.39 is 0 Å². The van der Waals surface area contributed by atoms with E-state index in [2.05, 4.69) is 27.3 Å². The second-order valence-electron chi connectivity index (χ2n) is 0. The number of hydrogen-bond donors (Lipinski definition) is 0. The van der Waals surface area contributed by atoms with Crippen molar-refractivity contribution in [3.8, 4) is 0 Å². The molecule has 0 amide bonds. The number of nitrogens with zero attached hydrogens (tertiary/aromatic N) is 6. The van der Waals surface area contributed by atoms with Gasteiger partial charge < -0.3 is 71.0 Å². The Labute approximate surface area is 147 Å². The van der Waals surface area contributed by atoms with Crippen molar-refractivity contribution in [3.63, 3.8) is 0 Å². The van der Waals surface area contributed by atoms with E-state index in [1.807, 2.05) is 0 Å². The van der Waals surface area contributed by atoms with Crippen LogP contribution >= 0.6 is 0 Å². The molecule has 0 atom stereocenters. The molecular formula is C6Fe2KN6-4. The van der Waals surface area contributed by atoms with Crippen molar-refractivity contribution in [2.24, 2.45) is 0 Å². The maximum Gasteiger partial charge on any atom is 1.00 e. The van der Waals surface area contributed by atoms with E-state index in [0.717, 1.165) is 0 Å². The molecule has 9 heteroatoms. The second-order valence-corrected chi connectivity index (χ2v) is 0. The van der Waals surface area contributed by atoms with Crippen LogP contribution in [0, 0.1) is 71.0 Å². The van der Waals surface area contributed by atoms with Crippen LogP contribution in [0.2, 0.25) is 0 Å². The average molecular weight is 307 g/mol. The van der Waals surface area contributed by atoms with Crippen molar-refractivity contribution in [1.29, 1.82) is 31.6 Å². The van der Waals surface area contributed by atoms with E-state index in [1.165, 1.54) is 0 Å². The molecular weight excluding hydrogens is 307 g/mol. The van der Waals surface area contributed by atoms with Crippen molar-refractivity contribution < 1.29 is 78.7 Å². The molecule has 0 aliphatic heterocycles. The molecule has 0 unspecified atom stereocenters. The van der Waals surface area contributed by atoms with Gasteiger partial charge in [0, 0.05) is 0 Å². The zero-order valence-electron chi connectivity index (χ0n) is 7.39. The normalized spacial score (nSPS) is 1.13. The fraction of sp³-hybridized carbons (Fsp3) is 0. The summed E-state index contributed by atoms with van der Waals surface area (Å²) in [6.45, 7) is 28.5. The van der Waals surface area contributed by atoms with E-state index in [1.54, 1.807) is 0 Å². The minimum Gasteiger partial charge on any atom is 1.00 e. The molecule has 0 aliphatic rings. The largest absolute Gasteiger partial charge is 1.00 e. The predicted octanol–water partition coefficient (Wildman–Crippen LogP) is -2.42. The topological polar surface area (TPSA) is 143 Å². The van der Waals surface area contributed by atoms with Gasteiger partial charge in [-0.2, -0.15) is 0 Å². The van der Waals surface area contributed by atoms with Gasteiger partial charge in [-0.15, -0.1) is 0 Å². The van der Waals surface area contributed by atoms with Crippen LogP contribution in [0.5, 0.6) is 0 Å². The van der Waals surface area contributed by atoms with E-state index in [0.29, 0.717) is 0 Å². The van der Waals surface area contributed by atoms with E-state index in [9.17, 15) is 0 Å². The van der Waals surface area contributed by atoms with Crippen molar-refractivity contribution in [1.82, 2.24) is 0 Å². The van der Waals surface area contributed by atoms with Crippen molar-refractivity contribution >= 4 is 0 Å². The summed E-state index contributed by atoms with van der Waals surface area (Å²) in [5, 5.41) is 37.5. The summed E-state index contributed by atoms with van der Waals surface area (Å²) < 4.78 is 0. The van der Waals surface area contributed by atoms with Crippen molar-refractivity contribution in [3.05, 3.63) is 39.4 Å². The van der Waals surface area contributed by atoms with Crippen molar-refractivity contribution in [2.75, 3.05) is 0 Å². The van der Waals surface area contributed by atoms with Crippen LogP contribution in [-0.4, -0.2) is 0 Å². The van der Waals surface area contributed by atoms with Crippen LogP contribution in [0.1, 0.15) is 0 Å². The third kappa shape index (κ3) is 12400. The molecule has 6 nitrogen and oxygen atoms in total. The SMILES string of the molecule is [C-]#N.[C-]#N.[C-]#N.[C-]#N.[C-]#N.[C-]#N.[Fe]=[Fe+].[K+]. The fourth-order valence-corrected chi connectivity index (χ4v) is 0. The standard InChI is InChI=1S/6CN.2Fe.K/c6*1-2;;;/q6*-1;;2*+1. The van der Waals surface area contributed by atoms with Gasteiger partial charge in [0.15, 0.2) is 0 Å². The Bertz CT molecular complexity index is 112. The molecule has 0 radical (unpaired) electrons. The van der Waals surface area contributed by atoms with Gasteiger partial charge in [0.05, 0.1) is 0 Å². The van der Waals surface area contributed by atoms with Crippen LogP contribution in [-0.2, 0) is 27.3 Å². The maximum absolute atomic E-state index is 6.25. The Balaban J connectivity index is -0.00000000628. The summed E-state index contributed by atoms with van der Waals surface area (Å²) in [6, 6.07) is 0. The minimum absolute atomic E-state index is 0. The molecule has 0 aromatic rings. The fourth-order valence-electron chi connectivity index (χ4n) is 0. The first-order valence-corrected chi connectivity index (χ1v) is 3.47. The molecule has 0 aromatic carbocycles. The smallest absolute Gasteiger partial charge is 1.00 e. The van der Waals surface area contributed by atoms with Gasteiger partial charge in [-0.25, -0.2) is 0 Å². The molecule has 15 heavy (non-hydrogen) atoms. The van der Waals surface area contributed by atoms with Gasteiger partial charge >= 0.3 is 78.7 Å². The van der Waals surface area contributed by atoms with E-state index >= 15 is 0 Å². The van der Waals surface area contributed by atoms with Crippen LogP contribution in [0.3, 0.4) is 0 Å². The summed E-state index contributed by atoms with van der Waals surface area (Å²) >= 11 is 6.00. The van der Waals surface area contributed by atoms with E-state index in [-0.39, 0.29) is 51.4 Å². The summed E-state index contributed by atoms with van der Waals surface area (Å²) in [6.07, 6.45) is 0. The van der Waals surface area contributed by atoms with Crippen LogP contribution < -0.4 is 51.4 Å². The molecule has 0 saturated carbocycles. The summed E-state index contributed by atoms with van der Waals surface area (Å²) in [5.41, 5.74) is 0. The van der Waals surface area contributed by atoms with Gasteiger partial charge in [0.2, 0.25) is 0 Å². The molecule has 0 saturated heterocycles. The first-order valence-electron chi connectivity index (χ1n) is 1.47. The molecule has 0 aromatic heterocycles. The van der Waals surface area contributed by atoms with Gasteiger partial charge in [-0.1, -0.05) is 0 Å². The summed E-state index contributed by atoms with van der Waals surface area (Å²) in [7, 11) is 0. The van der Waals surface area contributed by atoms with Crippen molar-refractivity contribution in [2.45, 2.75) is 0 Å². The molecule has 0 aliphatic carbocycles. The van der Waals surface area contributed by atoms with Crippen LogP contribution in [0.25, 0.3) is 0 Å². The maximum atomic E-state index is 6.25. The second kappa shape index (κ2) is 14600. The third-order valence-electron chi connectivity index (χ3n) is 0. The number of rotatable bonds is 0. The zero-order valence-corrected chi connectivity index (χ0v) is 12.7. The molecule has 0 spiro atoms. The molecule has 0 rings (SSSR count). The Kier molecular flexibility index (Phi) is 60400. The Hall–Kier alpha value is -0.385. The molecule has 0 N–H and O–H groups in total. The first kappa shape index (κ1) is 61.9. The molecule has 75 valence electrons. The molecule has 0 heterocycles. The van der Waals surface area contributed by atoms with Gasteiger partial charge in [0.25, 0.3) is 0 Å². The van der Waals surface area contributed by atoms with Gasteiger partial charge in [-0.05, 0) is 0 Å². The van der Waals surface area contributed by atoms with Gasteiger partial charge in [-0.3, -0.25) is 0 Å². The summed E-state index contributed by atoms with van der Waals surface area (Å²) in [5.74, 6) is 0. The Morgan fingerprint density at radius 3 is 0.467 bits per heavy atom. The first-order chi connectivity index (χ1) is 7.00. The predicted molar refractivity (Wildman–Crippen MR) is 29.8 cm³/mol. The van der Waals surface area contributed by atoms with Gasteiger partial charge in [0.1, 0.15) is 0 Å². The minimum atomic E-state index is 0. The number of hydrogen-bond acceptors (Lipinski definition) is 6. The third-order valence-corrected chi connectivity index (χ3v) is 0. The monoisotopic (exact) mass is 307 g/mol. The Morgan fingerprint density at radius 2 is 0.467 bits per heavy atom. The average Bonchev–Trinajstić information content (AvgIpc) is 2.45. The zero-order chi connectivity index (χ0) is 14.0.